The summed E-state index contributed by atoms with van der Waals surface area (Å²) in [6.45, 7) is 2.65. The third kappa shape index (κ3) is 3.18. The van der Waals surface area contributed by atoms with Gasteiger partial charge in [0.25, 0.3) is 5.91 Å². The number of para-hydroxylation sites is 2. The number of carbonyl (C=O) groups excluding carboxylic acids is 1. The summed E-state index contributed by atoms with van der Waals surface area (Å²) in [6.07, 6.45) is 0.914. The van der Waals surface area contributed by atoms with Crippen molar-refractivity contribution < 1.29 is 9.53 Å². The van der Waals surface area contributed by atoms with Gasteiger partial charge in [0.15, 0.2) is 0 Å². The fourth-order valence-electron chi connectivity index (χ4n) is 1.93. The highest BCUT2D eigenvalue weighted by Gasteiger charge is 2.17. The summed E-state index contributed by atoms with van der Waals surface area (Å²) in [4.78, 5) is 14.2. The van der Waals surface area contributed by atoms with Gasteiger partial charge in [-0.25, -0.2) is 0 Å². The van der Waals surface area contributed by atoms with Crippen molar-refractivity contribution in [1.29, 1.82) is 0 Å². The highest BCUT2D eigenvalue weighted by atomic mass is 16.5. The molecule has 0 spiro atoms. The standard InChI is InChI=1S/C17H19NO2/c1-3-13-20-16-12-8-7-11-15(16)17(19)18(2)14-9-5-4-6-10-14/h4-12H,3,13H2,1-2H3. The van der Waals surface area contributed by atoms with E-state index in [1.165, 1.54) is 0 Å². The van der Waals surface area contributed by atoms with Gasteiger partial charge in [0.05, 0.1) is 12.2 Å². The Morgan fingerprint density at radius 2 is 1.70 bits per heavy atom. The third-order valence-electron chi connectivity index (χ3n) is 3.03. The van der Waals surface area contributed by atoms with E-state index in [4.69, 9.17) is 4.74 Å². The number of hydrogen-bond donors (Lipinski definition) is 0. The maximum Gasteiger partial charge on any atom is 0.261 e. The molecule has 2 aromatic carbocycles. The molecule has 0 aliphatic rings. The minimum Gasteiger partial charge on any atom is -0.493 e. The quantitative estimate of drug-likeness (QED) is 0.827. The fraction of sp³-hybridized carbons (Fsp3) is 0.235. The SMILES string of the molecule is CCCOc1ccccc1C(=O)N(C)c1ccccc1. The Bertz CT molecular complexity index is 566. The van der Waals surface area contributed by atoms with Crippen LogP contribution >= 0.6 is 0 Å². The van der Waals surface area contributed by atoms with E-state index >= 15 is 0 Å². The number of ether oxygens (including phenoxy) is 1. The van der Waals surface area contributed by atoms with Gasteiger partial charge < -0.3 is 9.64 Å². The summed E-state index contributed by atoms with van der Waals surface area (Å²) in [5.41, 5.74) is 1.45. The van der Waals surface area contributed by atoms with E-state index < -0.39 is 0 Å². The molecule has 0 N–H and O–H groups in total. The first kappa shape index (κ1) is 14.1. The van der Waals surface area contributed by atoms with E-state index in [0.29, 0.717) is 17.9 Å². The normalized spacial score (nSPS) is 10.1. The Balaban J connectivity index is 2.25. The van der Waals surface area contributed by atoms with Crippen LogP contribution in [-0.4, -0.2) is 19.6 Å². The van der Waals surface area contributed by atoms with Gasteiger partial charge in [-0.05, 0) is 30.7 Å². The first-order valence-electron chi connectivity index (χ1n) is 6.79. The summed E-state index contributed by atoms with van der Waals surface area (Å²) < 4.78 is 5.65. The van der Waals surface area contributed by atoms with Crippen LogP contribution in [0.2, 0.25) is 0 Å². The van der Waals surface area contributed by atoms with Crippen molar-refractivity contribution in [2.75, 3.05) is 18.6 Å². The zero-order valence-electron chi connectivity index (χ0n) is 11.9. The van der Waals surface area contributed by atoms with Crippen LogP contribution in [0.15, 0.2) is 54.6 Å². The lowest BCUT2D eigenvalue weighted by Crippen LogP contribution is -2.26. The predicted molar refractivity (Wildman–Crippen MR) is 81.4 cm³/mol. The number of anilines is 1. The molecule has 0 heterocycles. The summed E-state index contributed by atoms with van der Waals surface area (Å²) >= 11 is 0. The van der Waals surface area contributed by atoms with Gasteiger partial charge in [0.2, 0.25) is 0 Å². The van der Waals surface area contributed by atoms with Crippen molar-refractivity contribution >= 4 is 11.6 Å². The van der Waals surface area contributed by atoms with Crippen molar-refractivity contribution in [2.24, 2.45) is 0 Å². The molecule has 0 saturated heterocycles. The molecule has 2 aromatic rings. The molecule has 0 radical (unpaired) electrons. The molecule has 0 aliphatic carbocycles. The molecule has 3 nitrogen and oxygen atoms in total. The van der Waals surface area contributed by atoms with Gasteiger partial charge in [-0.15, -0.1) is 0 Å². The zero-order valence-corrected chi connectivity index (χ0v) is 11.9. The summed E-state index contributed by atoms with van der Waals surface area (Å²) in [5.74, 6) is 0.574. The van der Waals surface area contributed by atoms with Gasteiger partial charge in [-0.1, -0.05) is 37.3 Å². The zero-order chi connectivity index (χ0) is 14.4. The van der Waals surface area contributed by atoms with E-state index in [1.807, 2.05) is 55.5 Å². The fourth-order valence-corrected chi connectivity index (χ4v) is 1.93. The number of benzene rings is 2. The maximum atomic E-state index is 12.6. The van der Waals surface area contributed by atoms with Gasteiger partial charge in [0, 0.05) is 12.7 Å². The smallest absolute Gasteiger partial charge is 0.261 e. The Kier molecular flexibility index (Phi) is 4.77. The Hall–Kier alpha value is -2.29. The van der Waals surface area contributed by atoms with Crippen LogP contribution in [0.3, 0.4) is 0 Å². The first-order valence-corrected chi connectivity index (χ1v) is 6.79. The van der Waals surface area contributed by atoms with Crippen LogP contribution in [-0.2, 0) is 0 Å². The highest BCUT2D eigenvalue weighted by molar-refractivity contribution is 6.07. The lowest BCUT2D eigenvalue weighted by atomic mass is 10.1. The molecule has 20 heavy (non-hydrogen) atoms. The Labute approximate surface area is 119 Å². The number of rotatable bonds is 5. The minimum absolute atomic E-state index is 0.0668. The second-order valence-electron chi connectivity index (χ2n) is 4.54. The van der Waals surface area contributed by atoms with E-state index in [9.17, 15) is 4.79 Å². The molecule has 0 aliphatic heterocycles. The highest BCUT2D eigenvalue weighted by Crippen LogP contribution is 2.22. The van der Waals surface area contributed by atoms with E-state index in [2.05, 4.69) is 0 Å². The van der Waals surface area contributed by atoms with E-state index in [1.54, 1.807) is 18.0 Å². The lowest BCUT2D eigenvalue weighted by Gasteiger charge is -2.19. The summed E-state index contributed by atoms with van der Waals surface area (Å²) in [5, 5.41) is 0. The van der Waals surface area contributed by atoms with E-state index in [-0.39, 0.29) is 5.91 Å². The topological polar surface area (TPSA) is 29.5 Å². The van der Waals surface area contributed by atoms with Crippen LogP contribution in [0.4, 0.5) is 5.69 Å². The van der Waals surface area contributed by atoms with Crippen molar-refractivity contribution in [3.63, 3.8) is 0 Å². The summed E-state index contributed by atoms with van der Waals surface area (Å²) in [6, 6.07) is 16.9. The van der Waals surface area contributed by atoms with Gasteiger partial charge in [-0.3, -0.25) is 4.79 Å². The average molecular weight is 269 g/mol. The average Bonchev–Trinajstić information content (AvgIpc) is 2.52. The number of hydrogen-bond acceptors (Lipinski definition) is 2. The van der Waals surface area contributed by atoms with Gasteiger partial charge >= 0.3 is 0 Å². The molecule has 0 atom stereocenters. The molecule has 1 amide bonds. The molecule has 0 saturated carbocycles. The molecule has 3 heteroatoms. The monoisotopic (exact) mass is 269 g/mol. The van der Waals surface area contributed by atoms with Crippen LogP contribution in [0.1, 0.15) is 23.7 Å². The Morgan fingerprint density at radius 1 is 1.05 bits per heavy atom. The molecule has 0 bridgehead atoms. The van der Waals surface area contributed by atoms with Crippen LogP contribution in [0.25, 0.3) is 0 Å². The largest absolute Gasteiger partial charge is 0.493 e. The number of nitrogens with zero attached hydrogens (tertiary/aromatic N) is 1. The second kappa shape index (κ2) is 6.75. The van der Waals surface area contributed by atoms with Crippen LogP contribution in [0.5, 0.6) is 5.75 Å². The van der Waals surface area contributed by atoms with Crippen LogP contribution in [0, 0.1) is 0 Å². The van der Waals surface area contributed by atoms with Crippen molar-refractivity contribution in [3.8, 4) is 5.75 Å². The number of amides is 1. The van der Waals surface area contributed by atoms with Crippen molar-refractivity contribution in [2.45, 2.75) is 13.3 Å². The van der Waals surface area contributed by atoms with Gasteiger partial charge in [0.1, 0.15) is 5.75 Å². The molecular formula is C17H19NO2. The first-order chi connectivity index (χ1) is 9.74. The molecule has 104 valence electrons. The van der Waals surface area contributed by atoms with Crippen molar-refractivity contribution in [3.05, 3.63) is 60.2 Å². The van der Waals surface area contributed by atoms with E-state index in [0.717, 1.165) is 12.1 Å². The number of carbonyl (C=O) groups is 1. The lowest BCUT2D eigenvalue weighted by molar-refractivity contribution is 0.0989. The molecular weight excluding hydrogens is 250 g/mol. The molecule has 0 unspecified atom stereocenters. The minimum atomic E-state index is -0.0668. The third-order valence-corrected chi connectivity index (χ3v) is 3.03. The Morgan fingerprint density at radius 3 is 2.40 bits per heavy atom. The molecule has 2 rings (SSSR count). The van der Waals surface area contributed by atoms with Crippen LogP contribution < -0.4 is 9.64 Å². The molecule has 0 fully saturated rings. The second-order valence-corrected chi connectivity index (χ2v) is 4.54. The maximum absolute atomic E-state index is 12.6. The summed E-state index contributed by atoms with van der Waals surface area (Å²) in [7, 11) is 1.77. The molecule has 0 aromatic heterocycles. The van der Waals surface area contributed by atoms with Crippen molar-refractivity contribution in [1.82, 2.24) is 0 Å². The predicted octanol–water partition coefficient (Wildman–Crippen LogP) is 3.75. The van der Waals surface area contributed by atoms with Gasteiger partial charge in [-0.2, -0.15) is 0 Å².